The molecule has 21 heavy (non-hydrogen) atoms. The lowest BCUT2D eigenvalue weighted by Crippen LogP contribution is -2.28. The molecule has 0 aliphatic carbocycles. The molecule has 0 bridgehead atoms. The Morgan fingerprint density at radius 3 is 2.90 bits per heavy atom. The summed E-state index contributed by atoms with van der Waals surface area (Å²) in [5, 5.41) is 6.32. The van der Waals surface area contributed by atoms with Gasteiger partial charge in [-0.15, -0.1) is 0 Å². The van der Waals surface area contributed by atoms with Gasteiger partial charge in [-0.1, -0.05) is 17.7 Å². The van der Waals surface area contributed by atoms with Crippen LogP contribution in [0.1, 0.15) is 5.69 Å². The maximum atomic E-state index is 11.9. The van der Waals surface area contributed by atoms with E-state index in [9.17, 15) is 4.79 Å². The van der Waals surface area contributed by atoms with Crippen molar-refractivity contribution in [2.75, 3.05) is 19.0 Å². The predicted molar refractivity (Wildman–Crippen MR) is 82.6 cm³/mol. The number of amides is 1. The number of carbonyl (C=O) groups excluding carboxylic acids is 1. The highest BCUT2D eigenvalue weighted by Crippen LogP contribution is 2.27. The second-order valence-electron chi connectivity index (χ2n) is 4.32. The Morgan fingerprint density at radius 1 is 1.33 bits per heavy atom. The molecule has 2 N–H and O–H groups in total. The first-order chi connectivity index (χ1) is 10.2. The molecule has 0 aliphatic heterocycles. The van der Waals surface area contributed by atoms with E-state index in [1.807, 2.05) is 18.2 Å². The van der Waals surface area contributed by atoms with Gasteiger partial charge < -0.3 is 15.4 Å². The number of nitrogens with zero attached hydrogens (tertiary/aromatic N) is 1. The second-order valence-corrected chi connectivity index (χ2v) is 4.75. The first kappa shape index (κ1) is 15.3. The van der Waals surface area contributed by atoms with Crippen molar-refractivity contribution in [1.82, 2.24) is 10.3 Å². The molecule has 0 atom stereocenters. The summed E-state index contributed by atoms with van der Waals surface area (Å²) in [5.41, 5.74) is 1.43. The number of hydrogen-bond acceptors (Lipinski definition) is 4. The fourth-order valence-corrected chi connectivity index (χ4v) is 1.95. The van der Waals surface area contributed by atoms with Crippen LogP contribution in [0.15, 0.2) is 42.6 Å². The van der Waals surface area contributed by atoms with Crippen LogP contribution in [0.4, 0.5) is 5.69 Å². The van der Waals surface area contributed by atoms with Crippen molar-refractivity contribution >= 4 is 23.2 Å². The van der Waals surface area contributed by atoms with Gasteiger partial charge in [-0.05, 0) is 30.3 Å². The standard InChI is InChI=1S/C15H16ClN3O2/c1-21-14-6-5-11(16)8-13(14)19-15(20)10-17-9-12-4-2-3-7-18-12/h2-8,17H,9-10H2,1H3,(H,19,20). The van der Waals surface area contributed by atoms with Gasteiger partial charge in [0.2, 0.25) is 5.91 Å². The SMILES string of the molecule is COc1ccc(Cl)cc1NC(=O)CNCc1ccccn1. The van der Waals surface area contributed by atoms with Crippen molar-refractivity contribution in [1.29, 1.82) is 0 Å². The first-order valence-corrected chi connectivity index (χ1v) is 6.81. The van der Waals surface area contributed by atoms with Crippen LogP contribution >= 0.6 is 11.6 Å². The second kappa shape index (κ2) is 7.61. The molecule has 0 unspecified atom stereocenters. The van der Waals surface area contributed by atoms with Crippen LogP contribution in [-0.2, 0) is 11.3 Å². The van der Waals surface area contributed by atoms with E-state index in [2.05, 4.69) is 15.6 Å². The molecule has 0 saturated heterocycles. The third-order valence-corrected chi connectivity index (χ3v) is 2.99. The van der Waals surface area contributed by atoms with Crippen LogP contribution in [0.5, 0.6) is 5.75 Å². The summed E-state index contributed by atoms with van der Waals surface area (Å²) >= 11 is 5.91. The summed E-state index contributed by atoms with van der Waals surface area (Å²) in [5.74, 6) is 0.393. The van der Waals surface area contributed by atoms with Crippen LogP contribution in [0, 0.1) is 0 Å². The Morgan fingerprint density at radius 2 is 2.19 bits per heavy atom. The van der Waals surface area contributed by atoms with E-state index in [4.69, 9.17) is 16.3 Å². The van der Waals surface area contributed by atoms with Gasteiger partial charge >= 0.3 is 0 Å². The average Bonchev–Trinajstić information content (AvgIpc) is 2.48. The van der Waals surface area contributed by atoms with Crippen LogP contribution in [0.25, 0.3) is 0 Å². The summed E-state index contributed by atoms with van der Waals surface area (Å²) in [7, 11) is 1.54. The van der Waals surface area contributed by atoms with Crippen molar-refractivity contribution in [3.05, 3.63) is 53.3 Å². The van der Waals surface area contributed by atoms with Gasteiger partial charge in [0.15, 0.2) is 0 Å². The number of aromatic nitrogens is 1. The van der Waals surface area contributed by atoms with Crippen molar-refractivity contribution < 1.29 is 9.53 Å². The average molecular weight is 306 g/mol. The molecule has 1 amide bonds. The first-order valence-electron chi connectivity index (χ1n) is 6.43. The number of ether oxygens (including phenoxy) is 1. The molecule has 2 aromatic rings. The van der Waals surface area contributed by atoms with Crippen molar-refractivity contribution in [3.8, 4) is 5.75 Å². The highest BCUT2D eigenvalue weighted by Gasteiger charge is 2.08. The molecule has 0 aliphatic rings. The third-order valence-electron chi connectivity index (χ3n) is 2.75. The number of anilines is 1. The number of benzene rings is 1. The van der Waals surface area contributed by atoms with Gasteiger partial charge in [0.1, 0.15) is 5.75 Å². The summed E-state index contributed by atoms with van der Waals surface area (Å²) in [6.07, 6.45) is 1.72. The zero-order chi connectivity index (χ0) is 15.1. The van der Waals surface area contributed by atoms with Gasteiger partial charge in [-0.2, -0.15) is 0 Å². The Hall–Kier alpha value is -2.11. The van der Waals surface area contributed by atoms with Gasteiger partial charge in [0.25, 0.3) is 0 Å². The van der Waals surface area contributed by atoms with Gasteiger partial charge in [0.05, 0.1) is 25.0 Å². The molecule has 110 valence electrons. The molecule has 1 aromatic heterocycles. The van der Waals surface area contributed by atoms with Crippen LogP contribution in [0.2, 0.25) is 5.02 Å². The molecular formula is C15H16ClN3O2. The number of halogens is 1. The lowest BCUT2D eigenvalue weighted by Gasteiger charge is -2.11. The molecule has 5 nitrogen and oxygen atoms in total. The van der Waals surface area contributed by atoms with Crippen LogP contribution in [-0.4, -0.2) is 24.5 Å². The molecule has 0 spiro atoms. The topological polar surface area (TPSA) is 63.2 Å². The minimum absolute atomic E-state index is 0.173. The fourth-order valence-electron chi connectivity index (χ4n) is 1.78. The zero-order valence-electron chi connectivity index (χ0n) is 11.6. The monoisotopic (exact) mass is 305 g/mol. The maximum Gasteiger partial charge on any atom is 0.238 e. The van der Waals surface area contributed by atoms with Crippen molar-refractivity contribution in [2.24, 2.45) is 0 Å². The molecular weight excluding hydrogens is 290 g/mol. The molecule has 1 heterocycles. The van der Waals surface area contributed by atoms with E-state index in [0.29, 0.717) is 23.0 Å². The zero-order valence-corrected chi connectivity index (χ0v) is 12.4. The fraction of sp³-hybridized carbons (Fsp3) is 0.200. The van der Waals surface area contributed by atoms with Crippen molar-refractivity contribution in [2.45, 2.75) is 6.54 Å². The van der Waals surface area contributed by atoms with E-state index in [-0.39, 0.29) is 12.5 Å². The number of nitrogens with one attached hydrogen (secondary N) is 2. The molecule has 0 radical (unpaired) electrons. The van der Waals surface area contributed by atoms with Gasteiger partial charge in [0, 0.05) is 17.8 Å². The molecule has 6 heteroatoms. The van der Waals surface area contributed by atoms with Crippen LogP contribution < -0.4 is 15.4 Å². The molecule has 2 rings (SSSR count). The van der Waals surface area contributed by atoms with E-state index < -0.39 is 0 Å². The predicted octanol–water partition coefficient (Wildman–Crippen LogP) is 2.47. The number of hydrogen-bond donors (Lipinski definition) is 2. The molecule has 0 fully saturated rings. The smallest absolute Gasteiger partial charge is 0.238 e. The van der Waals surface area contributed by atoms with Gasteiger partial charge in [-0.3, -0.25) is 9.78 Å². The normalized spacial score (nSPS) is 10.2. The molecule has 1 aromatic carbocycles. The third kappa shape index (κ3) is 4.73. The van der Waals surface area contributed by atoms with Crippen molar-refractivity contribution in [3.63, 3.8) is 0 Å². The summed E-state index contributed by atoms with van der Waals surface area (Å²) in [6, 6.07) is 10.7. The number of pyridine rings is 1. The largest absolute Gasteiger partial charge is 0.495 e. The number of carbonyl (C=O) groups is 1. The minimum atomic E-state index is -0.175. The lowest BCUT2D eigenvalue weighted by molar-refractivity contribution is -0.115. The van der Waals surface area contributed by atoms with E-state index in [1.165, 1.54) is 7.11 Å². The minimum Gasteiger partial charge on any atom is -0.495 e. The van der Waals surface area contributed by atoms with E-state index in [1.54, 1.807) is 24.4 Å². The number of rotatable bonds is 6. The highest BCUT2D eigenvalue weighted by atomic mass is 35.5. The summed E-state index contributed by atoms with van der Waals surface area (Å²) in [4.78, 5) is 16.1. The molecule has 0 saturated carbocycles. The Bertz CT molecular complexity index is 605. The van der Waals surface area contributed by atoms with Crippen LogP contribution in [0.3, 0.4) is 0 Å². The Labute approximate surface area is 128 Å². The number of methoxy groups -OCH3 is 1. The Balaban J connectivity index is 1.86. The Kier molecular flexibility index (Phi) is 5.54. The quantitative estimate of drug-likeness (QED) is 0.860. The lowest BCUT2D eigenvalue weighted by atomic mass is 10.3. The summed E-state index contributed by atoms with van der Waals surface area (Å²) in [6.45, 7) is 0.702. The maximum absolute atomic E-state index is 11.9. The van der Waals surface area contributed by atoms with Gasteiger partial charge in [-0.25, -0.2) is 0 Å². The summed E-state index contributed by atoms with van der Waals surface area (Å²) < 4.78 is 5.17. The highest BCUT2D eigenvalue weighted by molar-refractivity contribution is 6.31. The van der Waals surface area contributed by atoms with E-state index in [0.717, 1.165) is 5.69 Å². The van der Waals surface area contributed by atoms with E-state index >= 15 is 0 Å².